The summed E-state index contributed by atoms with van der Waals surface area (Å²) in [5.41, 5.74) is 0. The Balaban J connectivity index is 1.97. The molecule has 1 heterocycles. The van der Waals surface area contributed by atoms with E-state index in [1.165, 1.54) is 19.3 Å². The highest BCUT2D eigenvalue weighted by atomic mass is 16.5. The molecule has 0 radical (unpaired) electrons. The number of ether oxygens (including phenoxy) is 1. The molecule has 0 N–H and O–H groups in total. The summed E-state index contributed by atoms with van der Waals surface area (Å²) >= 11 is 0. The largest absolute Gasteiger partial charge is 0.380 e. The molecular formula is C12H20N2O. The third kappa shape index (κ3) is 2.32. The molecule has 15 heavy (non-hydrogen) atoms. The minimum Gasteiger partial charge on any atom is -0.380 e. The van der Waals surface area contributed by atoms with Crippen molar-refractivity contribution in [2.75, 3.05) is 20.3 Å². The summed E-state index contributed by atoms with van der Waals surface area (Å²) in [5.74, 6) is 0.240. The molecule has 3 nitrogen and oxygen atoms in total. The number of rotatable bonds is 2. The summed E-state index contributed by atoms with van der Waals surface area (Å²) in [4.78, 5) is 2.40. The van der Waals surface area contributed by atoms with E-state index in [0.29, 0.717) is 12.1 Å². The van der Waals surface area contributed by atoms with E-state index in [1.807, 2.05) is 0 Å². The average molecular weight is 208 g/mol. The molecule has 0 aromatic rings. The number of hydrogen-bond donors (Lipinski definition) is 0. The van der Waals surface area contributed by atoms with Crippen LogP contribution in [0, 0.1) is 17.2 Å². The molecule has 2 fully saturated rings. The quantitative estimate of drug-likeness (QED) is 0.694. The topological polar surface area (TPSA) is 36.3 Å². The Labute approximate surface area is 92.0 Å². The number of likely N-dealkylation sites (N-methyl/N-ethyl adjacent to an activating group) is 1. The maximum absolute atomic E-state index is 9.15. The molecular weight excluding hydrogens is 188 g/mol. The third-order valence-corrected chi connectivity index (χ3v) is 3.90. The van der Waals surface area contributed by atoms with Crippen LogP contribution in [0.25, 0.3) is 0 Å². The van der Waals surface area contributed by atoms with Crippen molar-refractivity contribution in [3.63, 3.8) is 0 Å². The van der Waals surface area contributed by atoms with E-state index in [4.69, 9.17) is 10.00 Å². The van der Waals surface area contributed by atoms with E-state index >= 15 is 0 Å². The van der Waals surface area contributed by atoms with Crippen molar-refractivity contribution in [2.24, 2.45) is 5.92 Å². The molecule has 0 amide bonds. The monoisotopic (exact) mass is 208 g/mol. The minimum absolute atomic E-state index is 0.240. The molecule has 0 bridgehead atoms. The van der Waals surface area contributed by atoms with Gasteiger partial charge in [0.2, 0.25) is 0 Å². The third-order valence-electron chi connectivity index (χ3n) is 3.90. The smallest absolute Gasteiger partial charge is 0.0672 e. The van der Waals surface area contributed by atoms with Gasteiger partial charge < -0.3 is 4.74 Å². The highest BCUT2D eigenvalue weighted by Gasteiger charge is 2.33. The number of nitriles is 1. The van der Waals surface area contributed by atoms with Crippen LogP contribution in [0.5, 0.6) is 0 Å². The SMILES string of the molecule is CN(C1CCOC1)C1CCCCC1C#N. The summed E-state index contributed by atoms with van der Waals surface area (Å²) in [6, 6.07) is 3.49. The Morgan fingerprint density at radius 1 is 1.27 bits per heavy atom. The normalized spacial score (nSPS) is 36.7. The zero-order chi connectivity index (χ0) is 10.7. The Kier molecular flexibility index (Phi) is 3.61. The van der Waals surface area contributed by atoms with Gasteiger partial charge in [0, 0.05) is 18.7 Å². The maximum Gasteiger partial charge on any atom is 0.0672 e. The first-order valence-electron chi connectivity index (χ1n) is 6.02. The fourth-order valence-electron chi connectivity index (χ4n) is 2.86. The highest BCUT2D eigenvalue weighted by Crippen LogP contribution is 2.29. The minimum atomic E-state index is 0.240. The Morgan fingerprint density at radius 3 is 2.73 bits per heavy atom. The van der Waals surface area contributed by atoms with Crippen LogP contribution in [-0.4, -0.2) is 37.2 Å². The molecule has 3 heteroatoms. The molecule has 1 aliphatic heterocycles. The zero-order valence-electron chi connectivity index (χ0n) is 9.48. The van der Waals surface area contributed by atoms with E-state index in [1.54, 1.807) is 0 Å². The lowest BCUT2D eigenvalue weighted by Gasteiger charge is -2.37. The standard InChI is InChI=1S/C12H20N2O/c1-14(11-6-7-15-9-11)12-5-3-2-4-10(12)8-13/h10-12H,2-7,9H2,1H3. The van der Waals surface area contributed by atoms with Gasteiger partial charge in [-0.25, -0.2) is 0 Å². The van der Waals surface area contributed by atoms with Gasteiger partial charge in [-0.3, -0.25) is 4.90 Å². The summed E-state index contributed by atoms with van der Waals surface area (Å²) < 4.78 is 5.41. The molecule has 3 unspecified atom stereocenters. The lowest BCUT2D eigenvalue weighted by atomic mass is 9.84. The second-order valence-electron chi connectivity index (χ2n) is 4.77. The molecule has 1 aliphatic carbocycles. The van der Waals surface area contributed by atoms with E-state index in [2.05, 4.69) is 18.0 Å². The fourth-order valence-corrected chi connectivity index (χ4v) is 2.86. The molecule has 1 saturated heterocycles. The van der Waals surface area contributed by atoms with E-state index < -0.39 is 0 Å². The van der Waals surface area contributed by atoms with Crippen molar-refractivity contribution in [3.05, 3.63) is 0 Å². The van der Waals surface area contributed by atoms with Crippen LogP contribution in [0.3, 0.4) is 0 Å². The van der Waals surface area contributed by atoms with E-state index in [-0.39, 0.29) is 5.92 Å². The summed E-state index contributed by atoms with van der Waals surface area (Å²) in [5, 5.41) is 9.15. The van der Waals surface area contributed by atoms with Crippen LogP contribution in [0.4, 0.5) is 0 Å². The summed E-state index contributed by atoms with van der Waals surface area (Å²) in [6.45, 7) is 1.74. The van der Waals surface area contributed by atoms with E-state index in [0.717, 1.165) is 26.1 Å². The van der Waals surface area contributed by atoms with Crippen molar-refractivity contribution in [3.8, 4) is 6.07 Å². The second kappa shape index (κ2) is 4.96. The van der Waals surface area contributed by atoms with Gasteiger partial charge in [0.25, 0.3) is 0 Å². The van der Waals surface area contributed by atoms with Gasteiger partial charge in [0.05, 0.1) is 18.6 Å². The molecule has 84 valence electrons. The van der Waals surface area contributed by atoms with Crippen LogP contribution in [0.2, 0.25) is 0 Å². The van der Waals surface area contributed by atoms with Crippen molar-refractivity contribution >= 4 is 0 Å². The van der Waals surface area contributed by atoms with Gasteiger partial charge in [-0.05, 0) is 26.3 Å². The lowest BCUT2D eigenvalue weighted by Crippen LogP contribution is -2.45. The van der Waals surface area contributed by atoms with Crippen LogP contribution in [0.15, 0.2) is 0 Å². The van der Waals surface area contributed by atoms with Gasteiger partial charge in [0.15, 0.2) is 0 Å². The maximum atomic E-state index is 9.15. The Morgan fingerprint density at radius 2 is 2.07 bits per heavy atom. The highest BCUT2D eigenvalue weighted by molar-refractivity contribution is 4.96. The van der Waals surface area contributed by atoms with Crippen LogP contribution in [-0.2, 0) is 4.74 Å². The van der Waals surface area contributed by atoms with Crippen molar-refractivity contribution in [2.45, 2.75) is 44.2 Å². The van der Waals surface area contributed by atoms with Crippen LogP contribution >= 0.6 is 0 Å². The molecule has 3 atom stereocenters. The first kappa shape index (κ1) is 10.9. The van der Waals surface area contributed by atoms with Gasteiger partial charge in [-0.15, -0.1) is 0 Å². The second-order valence-corrected chi connectivity index (χ2v) is 4.77. The Bertz CT molecular complexity index is 242. The van der Waals surface area contributed by atoms with Crippen LogP contribution in [0.1, 0.15) is 32.1 Å². The van der Waals surface area contributed by atoms with Gasteiger partial charge in [-0.2, -0.15) is 5.26 Å². The molecule has 2 aliphatic rings. The molecule has 0 spiro atoms. The lowest BCUT2D eigenvalue weighted by molar-refractivity contribution is 0.0945. The van der Waals surface area contributed by atoms with E-state index in [9.17, 15) is 0 Å². The predicted molar refractivity (Wildman–Crippen MR) is 58.3 cm³/mol. The molecule has 2 rings (SSSR count). The average Bonchev–Trinajstić information content (AvgIpc) is 2.81. The summed E-state index contributed by atoms with van der Waals surface area (Å²) in [6.07, 6.45) is 5.90. The van der Waals surface area contributed by atoms with Gasteiger partial charge >= 0.3 is 0 Å². The molecule has 1 saturated carbocycles. The fraction of sp³-hybridized carbons (Fsp3) is 0.917. The Hall–Kier alpha value is -0.590. The number of hydrogen-bond acceptors (Lipinski definition) is 3. The van der Waals surface area contributed by atoms with Gasteiger partial charge in [0.1, 0.15) is 0 Å². The number of nitrogens with zero attached hydrogens (tertiary/aromatic N) is 2. The van der Waals surface area contributed by atoms with Crippen molar-refractivity contribution < 1.29 is 4.74 Å². The van der Waals surface area contributed by atoms with Crippen molar-refractivity contribution in [1.82, 2.24) is 4.90 Å². The molecule has 0 aromatic heterocycles. The van der Waals surface area contributed by atoms with Crippen molar-refractivity contribution in [1.29, 1.82) is 5.26 Å². The van der Waals surface area contributed by atoms with Gasteiger partial charge in [-0.1, -0.05) is 12.8 Å². The predicted octanol–water partition coefficient (Wildman–Crippen LogP) is 1.79. The first-order valence-corrected chi connectivity index (χ1v) is 6.02. The first-order chi connectivity index (χ1) is 7.33. The van der Waals surface area contributed by atoms with Crippen LogP contribution < -0.4 is 0 Å². The summed E-state index contributed by atoms with van der Waals surface area (Å²) in [7, 11) is 2.17. The molecule has 0 aromatic carbocycles. The zero-order valence-corrected chi connectivity index (χ0v) is 9.48.